The van der Waals surface area contributed by atoms with Gasteiger partial charge in [-0.1, -0.05) is 0 Å². The van der Waals surface area contributed by atoms with Crippen LogP contribution in [0, 0.1) is 0 Å². The highest BCUT2D eigenvalue weighted by atomic mass is 16.5. The van der Waals surface area contributed by atoms with E-state index >= 15 is 0 Å². The molecule has 0 bridgehead atoms. The third-order valence-electron chi connectivity index (χ3n) is 1.26. The van der Waals surface area contributed by atoms with Gasteiger partial charge in [-0.2, -0.15) is 0 Å². The van der Waals surface area contributed by atoms with E-state index in [2.05, 4.69) is 9.72 Å². The zero-order valence-corrected chi connectivity index (χ0v) is 6.11. The lowest BCUT2D eigenvalue weighted by molar-refractivity contribution is -0.129. The van der Waals surface area contributed by atoms with E-state index in [1.165, 1.54) is 6.07 Å². The number of nitrogens with one attached hydrogen (secondary N) is 1. The van der Waals surface area contributed by atoms with Crippen LogP contribution in [0.15, 0.2) is 17.1 Å². The molecule has 1 aromatic heterocycles. The van der Waals surface area contributed by atoms with Gasteiger partial charge in [0.2, 0.25) is 5.43 Å². The number of carbonyl (C=O) groups excluding carboxylic acids is 1. The molecule has 0 radical (unpaired) electrons. The van der Waals surface area contributed by atoms with Gasteiger partial charge < -0.3 is 14.8 Å². The van der Waals surface area contributed by atoms with Crippen molar-refractivity contribution in [3.05, 3.63) is 28.2 Å². The van der Waals surface area contributed by atoms with Crippen molar-refractivity contribution in [2.75, 3.05) is 0 Å². The van der Waals surface area contributed by atoms with Crippen molar-refractivity contribution < 1.29 is 14.6 Å². The van der Waals surface area contributed by atoms with Gasteiger partial charge in [0.15, 0.2) is 5.75 Å². The van der Waals surface area contributed by atoms with Crippen molar-refractivity contribution in [1.82, 2.24) is 4.98 Å². The Balaban J connectivity index is 2.82. The molecule has 12 heavy (non-hydrogen) atoms. The summed E-state index contributed by atoms with van der Waals surface area (Å²) in [5.74, 6) is -0.357. The van der Waals surface area contributed by atoms with Gasteiger partial charge in [-0.05, 0) is 0 Å². The molecule has 0 amide bonds. The minimum Gasteiger partial charge on any atom is -0.503 e. The van der Waals surface area contributed by atoms with Gasteiger partial charge in [0, 0.05) is 12.3 Å². The second-order valence-corrected chi connectivity index (χ2v) is 2.11. The van der Waals surface area contributed by atoms with Gasteiger partial charge in [-0.3, -0.25) is 9.59 Å². The van der Waals surface area contributed by atoms with Crippen molar-refractivity contribution in [2.24, 2.45) is 0 Å². The predicted octanol–water partition coefficient (Wildman–Crippen LogP) is -0.247. The normalized spacial score (nSPS) is 9.33. The summed E-state index contributed by atoms with van der Waals surface area (Å²) >= 11 is 0. The van der Waals surface area contributed by atoms with E-state index in [0.717, 1.165) is 6.20 Å². The Labute approximate surface area is 67.6 Å². The fourth-order valence-corrected chi connectivity index (χ4v) is 0.713. The van der Waals surface area contributed by atoms with Crippen LogP contribution < -0.4 is 5.43 Å². The number of hydrogen-bond acceptors (Lipinski definition) is 4. The zero-order chi connectivity index (χ0) is 8.97. The van der Waals surface area contributed by atoms with Crippen molar-refractivity contribution in [1.29, 1.82) is 0 Å². The third kappa shape index (κ3) is 1.85. The van der Waals surface area contributed by atoms with Gasteiger partial charge in [-0.15, -0.1) is 0 Å². The van der Waals surface area contributed by atoms with Gasteiger partial charge in [0.1, 0.15) is 6.61 Å². The predicted molar refractivity (Wildman–Crippen MR) is 39.6 cm³/mol. The molecule has 5 heteroatoms. The highest BCUT2D eigenvalue weighted by molar-refractivity contribution is 5.37. The summed E-state index contributed by atoms with van der Waals surface area (Å²) in [4.78, 5) is 23.1. The van der Waals surface area contributed by atoms with E-state index in [4.69, 9.17) is 5.11 Å². The maximum atomic E-state index is 10.8. The number of H-pyrrole nitrogens is 1. The Bertz CT molecular complexity index is 330. The monoisotopic (exact) mass is 169 g/mol. The molecule has 0 fully saturated rings. The Morgan fingerprint density at radius 1 is 1.67 bits per heavy atom. The number of aromatic hydroxyl groups is 1. The lowest BCUT2D eigenvalue weighted by atomic mass is 10.3. The fourth-order valence-electron chi connectivity index (χ4n) is 0.713. The van der Waals surface area contributed by atoms with E-state index in [1.807, 2.05) is 0 Å². The van der Waals surface area contributed by atoms with Crippen LogP contribution in [0.3, 0.4) is 0 Å². The number of carbonyl (C=O) groups is 1. The second-order valence-electron chi connectivity index (χ2n) is 2.11. The lowest BCUT2D eigenvalue weighted by Gasteiger charge is -1.98. The molecule has 0 atom stereocenters. The topological polar surface area (TPSA) is 79.4 Å². The number of aromatic amines is 1. The number of rotatable bonds is 3. The van der Waals surface area contributed by atoms with E-state index in [-0.39, 0.29) is 18.8 Å². The Morgan fingerprint density at radius 3 is 3.00 bits per heavy atom. The van der Waals surface area contributed by atoms with Crippen LogP contribution in [0.4, 0.5) is 0 Å². The van der Waals surface area contributed by atoms with Crippen molar-refractivity contribution in [3.8, 4) is 5.75 Å². The summed E-state index contributed by atoms with van der Waals surface area (Å²) in [7, 11) is 0. The fraction of sp³-hybridized carbons (Fsp3) is 0.143. The van der Waals surface area contributed by atoms with E-state index in [9.17, 15) is 9.59 Å². The largest absolute Gasteiger partial charge is 0.503 e. The molecule has 0 aliphatic heterocycles. The average molecular weight is 169 g/mol. The number of aromatic nitrogens is 1. The molecule has 0 saturated carbocycles. The molecule has 1 heterocycles. The van der Waals surface area contributed by atoms with Crippen LogP contribution in [-0.4, -0.2) is 16.6 Å². The Hall–Kier alpha value is -1.78. The van der Waals surface area contributed by atoms with Crippen LogP contribution in [0.5, 0.6) is 5.75 Å². The van der Waals surface area contributed by atoms with Gasteiger partial charge in [0.25, 0.3) is 6.47 Å². The van der Waals surface area contributed by atoms with E-state index in [1.54, 1.807) is 0 Å². The summed E-state index contributed by atoms with van der Waals surface area (Å²) in [6.07, 6.45) is 1.14. The first kappa shape index (κ1) is 8.32. The maximum Gasteiger partial charge on any atom is 0.293 e. The van der Waals surface area contributed by atoms with Crippen LogP contribution in [0.2, 0.25) is 0 Å². The molecular formula is C7H7NO4. The molecule has 0 saturated heterocycles. The first-order valence-electron chi connectivity index (χ1n) is 3.20. The van der Waals surface area contributed by atoms with Crippen molar-refractivity contribution >= 4 is 6.47 Å². The summed E-state index contributed by atoms with van der Waals surface area (Å²) < 4.78 is 4.38. The molecule has 0 aliphatic rings. The Morgan fingerprint density at radius 2 is 2.42 bits per heavy atom. The molecule has 2 N–H and O–H groups in total. The third-order valence-corrected chi connectivity index (χ3v) is 1.26. The van der Waals surface area contributed by atoms with E-state index in [0.29, 0.717) is 5.69 Å². The van der Waals surface area contributed by atoms with Crippen LogP contribution in [0.1, 0.15) is 5.69 Å². The summed E-state index contributed by atoms with van der Waals surface area (Å²) in [5, 5.41) is 8.82. The molecule has 1 rings (SSSR count). The minimum absolute atomic E-state index is 0.000972. The summed E-state index contributed by atoms with van der Waals surface area (Å²) in [6, 6.07) is 1.17. The molecule has 64 valence electrons. The SMILES string of the molecule is O=COCc1cc(=O)c(O)c[nH]1. The first-order chi connectivity index (χ1) is 5.74. The second kappa shape index (κ2) is 3.56. The van der Waals surface area contributed by atoms with Gasteiger partial charge in [-0.25, -0.2) is 0 Å². The van der Waals surface area contributed by atoms with Crippen LogP contribution >= 0.6 is 0 Å². The molecule has 0 spiro atoms. The minimum atomic E-state index is -0.502. The summed E-state index contributed by atoms with van der Waals surface area (Å²) in [6.45, 7) is 0.282. The molecule has 0 unspecified atom stereocenters. The van der Waals surface area contributed by atoms with Crippen LogP contribution in [0.25, 0.3) is 0 Å². The number of hydrogen-bond donors (Lipinski definition) is 2. The first-order valence-corrected chi connectivity index (χ1v) is 3.20. The molecule has 5 nitrogen and oxygen atoms in total. The highest BCUT2D eigenvalue weighted by Crippen LogP contribution is 1.98. The standard InChI is InChI=1S/C7H7NO4/c9-4-12-3-5-1-6(10)7(11)2-8-5/h1-2,4,11H,3H2,(H,8,10). The molecule has 0 aromatic carbocycles. The number of pyridine rings is 1. The number of ether oxygens (including phenoxy) is 1. The Kier molecular flexibility index (Phi) is 2.47. The molecule has 1 aromatic rings. The highest BCUT2D eigenvalue weighted by Gasteiger charge is 1.98. The van der Waals surface area contributed by atoms with E-state index < -0.39 is 5.43 Å². The smallest absolute Gasteiger partial charge is 0.293 e. The van der Waals surface area contributed by atoms with Crippen molar-refractivity contribution in [2.45, 2.75) is 6.61 Å². The maximum absolute atomic E-state index is 10.8. The molecular weight excluding hydrogens is 162 g/mol. The molecule has 0 aliphatic carbocycles. The lowest BCUT2D eigenvalue weighted by Crippen LogP contribution is -2.03. The quantitative estimate of drug-likeness (QED) is 0.611. The van der Waals surface area contributed by atoms with Crippen molar-refractivity contribution in [3.63, 3.8) is 0 Å². The average Bonchev–Trinajstić information content (AvgIpc) is 2.07. The summed E-state index contributed by atoms with van der Waals surface area (Å²) in [5.41, 5.74) is -0.0665. The van der Waals surface area contributed by atoms with Gasteiger partial charge >= 0.3 is 0 Å². The zero-order valence-electron chi connectivity index (χ0n) is 6.11. The van der Waals surface area contributed by atoms with Crippen LogP contribution in [-0.2, 0) is 16.1 Å². The van der Waals surface area contributed by atoms with Gasteiger partial charge in [0.05, 0.1) is 5.69 Å².